The number of nitrogens with zero attached hydrogens (tertiary/aromatic N) is 2. The lowest BCUT2D eigenvalue weighted by Crippen LogP contribution is -2.14. The van der Waals surface area contributed by atoms with Gasteiger partial charge in [-0.05, 0) is 13.3 Å². The van der Waals surface area contributed by atoms with Crippen molar-refractivity contribution in [3.63, 3.8) is 0 Å². The first-order chi connectivity index (χ1) is 7.94. The van der Waals surface area contributed by atoms with Crippen LogP contribution in [-0.4, -0.2) is 22.7 Å². The van der Waals surface area contributed by atoms with Crippen molar-refractivity contribution in [2.45, 2.75) is 25.9 Å². The highest BCUT2D eigenvalue weighted by Crippen LogP contribution is 2.22. The Labute approximate surface area is 96.6 Å². The minimum Gasteiger partial charge on any atom is -0.370 e. The first-order valence-corrected chi connectivity index (χ1v) is 5.03. The molecule has 0 aromatic carbocycles. The van der Waals surface area contributed by atoms with Crippen molar-refractivity contribution in [3.8, 4) is 0 Å². The summed E-state index contributed by atoms with van der Waals surface area (Å²) >= 11 is 0. The van der Waals surface area contributed by atoms with Gasteiger partial charge in [-0.2, -0.15) is 13.2 Å². The van der Waals surface area contributed by atoms with Crippen LogP contribution in [0.4, 0.5) is 24.8 Å². The van der Waals surface area contributed by atoms with Gasteiger partial charge in [0, 0.05) is 18.5 Å². The molecule has 0 aliphatic carbocycles. The fraction of sp³-hybridized carbons (Fsp3) is 0.556. The summed E-state index contributed by atoms with van der Waals surface area (Å²) in [7, 11) is 0. The zero-order valence-corrected chi connectivity index (χ0v) is 9.30. The Bertz CT molecular complexity index is 366. The van der Waals surface area contributed by atoms with E-state index in [0.717, 1.165) is 0 Å². The van der Waals surface area contributed by atoms with Crippen molar-refractivity contribution < 1.29 is 13.2 Å². The van der Waals surface area contributed by atoms with E-state index in [2.05, 4.69) is 20.7 Å². The molecule has 1 aromatic heterocycles. The van der Waals surface area contributed by atoms with Gasteiger partial charge in [0.1, 0.15) is 18.0 Å². The first-order valence-electron chi connectivity index (χ1n) is 5.03. The second-order valence-corrected chi connectivity index (χ2v) is 3.49. The molecule has 4 N–H and O–H groups in total. The number of nitrogen functional groups attached to an aromatic ring is 1. The lowest BCUT2D eigenvalue weighted by Gasteiger charge is -2.11. The zero-order valence-electron chi connectivity index (χ0n) is 9.30. The van der Waals surface area contributed by atoms with Gasteiger partial charge in [0.25, 0.3) is 0 Å². The molecule has 0 atom stereocenters. The Kier molecular flexibility index (Phi) is 4.50. The molecular formula is C9H14F3N5. The highest BCUT2D eigenvalue weighted by atomic mass is 19.4. The van der Waals surface area contributed by atoms with Crippen LogP contribution < -0.4 is 16.6 Å². The Morgan fingerprint density at radius 2 is 1.94 bits per heavy atom. The van der Waals surface area contributed by atoms with Crippen molar-refractivity contribution >= 4 is 11.6 Å². The van der Waals surface area contributed by atoms with Gasteiger partial charge in [-0.25, -0.2) is 15.8 Å². The van der Waals surface area contributed by atoms with Crippen LogP contribution in [-0.2, 0) is 0 Å². The van der Waals surface area contributed by atoms with Crippen molar-refractivity contribution in [2.75, 3.05) is 17.3 Å². The Morgan fingerprint density at radius 1 is 1.29 bits per heavy atom. The average Bonchev–Trinajstić information content (AvgIpc) is 2.25. The lowest BCUT2D eigenvalue weighted by molar-refractivity contribution is -0.134. The summed E-state index contributed by atoms with van der Waals surface area (Å²) in [6.45, 7) is 1.92. The van der Waals surface area contributed by atoms with Crippen molar-refractivity contribution in [2.24, 2.45) is 5.84 Å². The molecule has 5 nitrogen and oxygen atoms in total. The summed E-state index contributed by atoms with van der Waals surface area (Å²) in [5, 5.41) is 2.81. The molecule has 8 heteroatoms. The number of hydrogen-bond donors (Lipinski definition) is 3. The minimum absolute atomic E-state index is 0.00166. The van der Waals surface area contributed by atoms with Crippen LogP contribution in [0.2, 0.25) is 0 Å². The SMILES string of the molecule is Cc1c(NN)ncnc1NCCCC(F)(F)F. The standard InChI is InChI=1S/C9H14F3N5/c1-6-7(15-5-16-8(6)17-13)14-4-2-3-9(10,11)12/h5H,2-4,13H2,1H3,(H2,14,15,16,17). The number of nitrogens with one attached hydrogen (secondary N) is 2. The number of hydrogen-bond acceptors (Lipinski definition) is 5. The molecule has 0 radical (unpaired) electrons. The zero-order chi connectivity index (χ0) is 12.9. The maximum atomic E-state index is 11.9. The van der Waals surface area contributed by atoms with E-state index in [1.165, 1.54) is 6.33 Å². The molecular weight excluding hydrogens is 235 g/mol. The Morgan fingerprint density at radius 3 is 2.53 bits per heavy atom. The van der Waals surface area contributed by atoms with Crippen LogP contribution >= 0.6 is 0 Å². The van der Waals surface area contributed by atoms with Gasteiger partial charge in [0.05, 0.1) is 0 Å². The van der Waals surface area contributed by atoms with Crippen LogP contribution in [0.5, 0.6) is 0 Å². The van der Waals surface area contributed by atoms with Gasteiger partial charge in [-0.1, -0.05) is 0 Å². The summed E-state index contributed by atoms with van der Waals surface area (Å²) in [5.74, 6) is 6.14. The molecule has 1 rings (SSSR count). The summed E-state index contributed by atoms with van der Waals surface area (Å²) in [6.07, 6.45) is -3.65. The molecule has 1 heterocycles. The minimum atomic E-state index is -4.12. The number of rotatable bonds is 5. The van der Waals surface area contributed by atoms with Gasteiger partial charge in [0.2, 0.25) is 0 Å². The Hall–Kier alpha value is -1.57. The quantitative estimate of drug-likeness (QED) is 0.421. The largest absolute Gasteiger partial charge is 0.389 e. The van der Waals surface area contributed by atoms with E-state index in [4.69, 9.17) is 5.84 Å². The van der Waals surface area contributed by atoms with E-state index in [9.17, 15) is 13.2 Å². The van der Waals surface area contributed by atoms with Crippen molar-refractivity contribution in [1.82, 2.24) is 9.97 Å². The predicted molar refractivity (Wildman–Crippen MR) is 58.4 cm³/mol. The normalized spacial score (nSPS) is 11.4. The molecule has 0 saturated heterocycles. The lowest BCUT2D eigenvalue weighted by atomic mass is 10.3. The maximum Gasteiger partial charge on any atom is 0.389 e. The highest BCUT2D eigenvalue weighted by molar-refractivity contribution is 5.55. The van der Waals surface area contributed by atoms with Crippen LogP contribution in [0.15, 0.2) is 6.33 Å². The van der Waals surface area contributed by atoms with E-state index >= 15 is 0 Å². The fourth-order valence-electron chi connectivity index (χ4n) is 1.27. The molecule has 96 valence electrons. The van der Waals surface area contributed by atoms with Crippen LogP contribution in [0.3, 0.4) is 0 Å². The molecule has 0 spiro atoms. The number of hydrazine groups is 1. The predicted octanol–water partition coefficient (Wildman–Crippen LogP) is 1.83. The summed E-state index contributed by atoms with van der Waals surface area (Å²) in [6, 6.07) is 0. The molecule has 0 unspecified atom stereocenters. The molecule has 17 heavy (non-hydrogen) atoms. The molecule has 0 fully saturated rings. The van der Waals surface area contributed by atoms with E-state index in [1.807, 2.05) is 0 Å². The molecule has 0 amide bonds. The second-order valence-electron chi connectivity index (χ2n) is 3.49. The van der Waals surface area contributed by atoms with Crippen molar-refractivity contribution in [3.05, 3.63) is 11.9 Å². The average molecular weight is 249 g/mol. The monoisotopic (exact) mass is 249 g/mol. The van der Waals surface area contributed by atoms with E-state index < -0.39 is 12.6 Å². The molecule has 0 saturated carbocycles. The topological polar surface area (TPSA) is 75.9 Å². The van der Waals surface area contributed by atoms with E-state index in [0.29, 0.717) is 17.2 Å². The number of aromatic nitrogens is 2. The number of nitrogens with two attached hydrogens (primary N) is 1. The molecule has 1 aromatic rings. The third kappa shape index (κ3) is 4.43. The maximum absolute atomic E-state index is 11.9. The van der Waals surface area contributed by atoms with E-state index in [1.54, 1.807) is 6.92 Å². The van der Waals surface area contributed by atoms with Gasteiger partial charge in [-0.3, -0.25) is 0 Å². The molecule has 0 aliphatic rings. The third-order valence-electron chi connectivity index (χ3n) is 2.15. The fourth-order valence-corrected chi connectivity index (χ4v) is 1.27. The van der Waals surface area contributed by atoms with Gasteiger partial charge in [0.15, 0.2) is 0 Å². The van der Waals surface area contributed by atoms with Crippen LogP contribution in [0.1, 0.15) is 18.4 Å². The number of halogens is 3. The summed E-state index contributed by atoms with van der Waals surface area (Å²) < 4.78 is 35.7. The van der Waals surface area contributed by atoms with Gasteiger partial charge >= 0.3 is 6.18 Å². The number of anilines is 2. The summed E-state index contributed by atoms with van der Waals surface area (Å²) in [4.78, 5) is 7.78. The van der Waals surface area contributed by atoms with Crippen LogP contribution in [0.25, 0.3) is 0 Å². The van der Waals surface area contributed by atoms with Gasteiger partial charge < -0.3 is 10.7 Å². The van der Waals surface area contributed by atoms with E-state index in [-0.39, 0.29) is 13.0 Å². The number of alkyl halides is 3. The first kappa shape index (κ1) is 13.5. The Balaban J connectivity index is 2.47. The third-order valence-corrected chi connectivity index (χ3v) is 2.15. The van der Waals surface area contributed by atoms with Crippen molar-refractivity contribution in [1.29, 1.82) is 0 Å². The summed E-state index contributed by atoms with van der Waals surface area (Å²) in [5.41, 5.74) is 3.05. The second kappa shape index (κ2) is 5.67. The smallest absolute Gasteiger partial charge is 0.370 e. The van der Waals surface area contributed by atoms with Crippen LogP contribution in [0, 0.1) is 6.92 Å². The molecule has 0 aliphatic heterocycles. The molecule has 0 bridgehead atoms. The highest BCUT2D eigenvalue weighted by Gasteiger charge is 2.25. The van der Waals surface area contributed by atoms with Gasteiger partial charge in [-0.15, -0.1) is 0 Å².